The fraction of sp³-hybridized carbons (Fsp3) is 0.588. The third-order valence-electron chi connectivity index (χ3n) is 4.10. The lowest BCUT2D eigenvalue weighted by Gasteiger charge is -2.32. The zero-order valence-electron chi connectivity index (χ0n) is 15.6. The van der Waals surface area contributed by atoms with E-state index in [9.17, 15) is 14.4 Å². The van der Waals surface area contributed by atoms with Gasteiger partial charge in [0.25, 0.3) is 0 Å². The number of piperazine rings is 1. The van der Waals surface area contributed by atoms with Crippen molar-refractivity contribution < 1.29 is 23.9 Å². The molecule has 1 saturated heterocycles. The largest absolute Gasteiger partial charge is 0.462 e. The number of nitrogens with one attached hydrogen (secondary N) is 1. The van der Waals surface area contributed by atoms with Gasteiger partial charge in [-0.15, -0.1) is 11.3 Å². The van der Waals surface area contributed by atoms with Crippen LogP contribution in [-0.2, 0) is 9.47 Å². The minimum atomic E-state index is -0.564. The van der Waals surface area contributed by atoms with Crippen LogP contribution in [0.5, 0.6) is 0 Å². The van der Waals surface area contributed by atoms with Gasteiger partial charge in [-0.3, -0.25) is 5.32 Å². The SMILES string of the molecule is CCOC(=O)c1sc(NC(=O)N2CCN(C)CC2)c(C(=O)OCC)c1C. The highest BCUT2D eigenvalue weighted by atomic mass is 32.1. The van der Waals surface area contributed by atoms with E-state index in [1.807, 2.05) is 7.05 Å². The zero-order valence-corrected chi connectivity index (χ0v) is 16.4. The minimum Gasteiger partial charge on any atom is -0.462 e. The van der Waals surface area contributed by atoms with E-state index in [4.69, 9.17) is 9.47 Å². The highest BCUT2D eigenvalue weighted by Crippen LogP contribution is 2.34. The summed E-state index contributed by atoms with van der Waals surface area (Å²) in [7, 11) is 2.00. The number of thiophene rings is 1. The van der Waals surface area contributed by atoms with Crippen molar-refractivity contribution in [3.05, 3.63) is 16.0 Å². The summed E-state index contributed by atoms with van der Waals surface area (Å²) in [6, 6.07) is -0.291. The van der Waals surface area contributed by atoms with Crippen LogP contribution in [0.4, 0.5) is 9.80 Å². The lowest BCUT2D eigenvalue weighted by molar-refractivity contribution is 0.0527. The summed E-state index contributed by atoms with van der Waals surface area (Å²) in [6.45, 7) is 8.28. The summed E-state index contributed by atoms with van der Waals surface area (Å²) in [4.78, 5) is 41.2. The van der Waals surface area contributed by atoms with E-state index in [0.29, 0.717) is 28.5 Å². The molecular formula is C17H25N3O5S. The van der Waals surface area contributed by atoms with Gasteiger partial charge in [0.05, 0.1) is 18.8 Å². The molecule has 1 aromatic heterocycles. The lowest BCUT2D eigenvalue weighted by Crippen LogP contribution is -2.48. The molecule has 0 aliphatic carbocycles. The van der Waals surface area contributed by atoms with Gasteiger partial charge >= 0.3 is 18.0 Å². The maximum absolute atomic E-state index is 12.6. The van der Waals surface area contributed by atoms with Crippen LogP contribution in [0.2, 0.25) is 0 Å². The van der Waals surface area contributed by atoms with Gasteiger partial charge in [0, 0.05) is 26.2 Å². The van der Waals surface area contributed by atoms with Crippen LogP contribution < -0.4 is 5.32 Å². The molecule has 1 N–H and O–H groups in total. The molecule has 2 amide bonds. The fourth-order valence-corrected chi connectivity index (χ4v) is 3.71. The number of likely N-dealkylation sites (N-methyl/N-ethyl adjacent to an activating group) is 1. The van der Waals surface area contributed by atoms with E-state index in [1.54, 1.807) is 25.7 Å². The normalized spacial score (nSPS) is 14.8. The third kappa shape index (κ3) is 4.53. The lowest BCUT2D eigenvalue weighted by atomic mass is 10.1. The van der Waals surface area contributed by atoms with E-state index in [-0.39, 0.29) is 24.8 Å². The molecule has 2 heterocycles. The number of ether oxygens (including phenoxy) is 2. The van der Waals surface area contributed by atoms with Crippen LogP contribution in [0.15, 0.2) is 0 Å². The first kappa shape index (κ1) is 20.2. The molecule has 2 rings (SSSR count). The van der Waals surface area contributed by atoms with Gasteiger partial charge in [-0.25, -0.2) is 14.4 Å². The number of amides is 2. The van der Waals surface area contributed by atoms with Crippen LogP contribution in [0.25, 0.3) is 0 Å². The van der Waals surface area contributed by atoms with Crippen molar-refractivity contribution in [2.75, 3.05) is 51.8 Å². The number of urea groups is 1. The van der Waals surface area contributed by atoms with Crippen molar-refractivity contribution >= 4 is 34.3 Å². The Bertz CT molecular complexity index is 680. The molecule has 0 radical (unpaired) electrons. The molecule has 144 valence electrons. The van der Waals surface area contributed by atoms with Crippen molar-refractivity contribution in [1.82, 2.24) is 9.80 Å². The highest BCUT2D eigenvalue weighted by Gasteiger charge is 2.28. The predicted molar refractivity (Wildman–Crippen MR) is 99.1 cm³/mol. The Morgan fingerprint density at radius 1 is 1.04 bits per heavy atom. The first-order valence-electron chi connectivity index (χ1n) is 8.61. The van der Waals surface area contributed by atoms with Gasteiger partial charge in [0.1, 0.15) is 9.88 Å². The number of hydrogen-bond acceptors (Lipinski definition) is 7. The molecule has 1 aliphatic rings. The number of nitrogens with zero attached hydrogens (tertiary/aromatic N) is 2. The van der Waals surface area contributed by atoms with Crippen LogP contribution in [0.3, 0.4) is 0 Å². The summed E-state index contributed by atoms with van der Waals surface area (Å²) >= 11 is 1.04. The summed E-state index contributed by atoms with van der Waals surface area (Å²) < 4.78 is 10.1. The Balaban J connectivity index is 2.27. The Labute approximate surface area is 157 Å². The van der Waals surface area contributed by atoms with Gasteiger partial charge in [-0.2, -0.15) is 0 Å². The van der Waals surface area contributed by atoms with Crippen LogP contribution >= 0.6 is 11.3 Å². The van der Waals surface area contributed by atoms with E-state index >= 15 is 0 Å². The number of hydrogen-bond donors (Lipinski definition) is 1. The number of esters is 2. The van der Waals surface area contributed by atoms with Crippen molar-refractivity contribution in [2.24, 2.45) is 0 Å². The quantitative estimate of drug-likeness (QED) is 0.784. The van der Waals surface area contributed by atoms with Crippen molar-refractivity contribution in [3.8, 4) is 0 Å². The zero-order chi connectivity index (χ0) is 19.3. The Morgan fingerprint density at radius 2 is 1.62 bits per heavy atom. The molecular weight excluding hydrogens is 358 g/mol. The van der Waals surface area contributed by atoms with E-state index in [2.05, 4.69) is 10.2 Å². The van der Waals surface area contributed by atoms with Crippen LogP contribution in [0, 0.1) is 6.92 Å². The molecule has 8 nitrogen and oxygen atoms in total. The average molecular weight is 383 g/mol. The highest BCUT2D eigenvalue weighted by molar-refractivity contribution is 7.18. The van der Waals surface area contributed by atoms with E-state index in [1.165, 1.54) is 0 Å². The van der Waals surface area contributed by atoms with Gasteiger partial charge in [0.15, 0.2) is 0 Å². The van der Waals surface area contributed by atoms with Crippen LogP contribution in [-0.4, -0.2) is 74.2 Å². The van der Waals surface area contributed by atoms with Gasteiger partial charge in [0.2, 0.25) is 0 Å². The average Bonchev–Trinajstić information content (AvgIpc) is 2.92. The number of carbonyl (C=O) groups excluding carboxylic acids is 3. The van der Waals surface area contributed by atoms with Crippen molar-refractivity contribution in [2.45, 2.75) is 20.8 Å². The maximum atomic E-state index is 12.6. The smallest absolute Gasteiger partial charge is 0.348 e. The van der Waals surface area contributed by atoms with Crippen molar-refractivity contribution in [1.29, 1.82) is 0 Å². The Morgan fingerprint density at radius 3 is 2.19 bits per heavy atom. The Hall–Kier alpha value is -2.13. The standard InChI is InChI=1S/C17H25N3O5S/c1-5-24-15(21)12-11(3)13(16(22)25-6-2)26-14(12)18-17(23)20-9-7-19(4)8-10-20/h5-10H2,1-4H3,(H,18,23). The monoisotopic (exact) mass is 383 g/mol. The molecule has 1 aromatic rings. The summed E-state index contributed by atoms with van der Waals surface area (Å²) in [5, 5.41) is 3.08. The number of rotatable bonds is 5. The van der Waals surface area contributed by atoms with E-state index in [0.717, 1.165) is 24.4 Å². The molecule has 0 bridgehead atoms. The summed E-state index contributed by atoms with van der Waals surface area (Å²) in [6.07, 6.45) is 0. The van der Waals surface area contributed by atoms with Crippen LogP contribution in [0.1, 0.15) is 39.4 Å². The van der Waals surface area contributed by atoms with Crippen molar-refractivity contribution in [3.63, 3.8) is 0 Å². The molecule has 0 spiro atoms. The number of anilines is 1. The van der Waals surface area contributed by atoms with Gasteiger partial charge in [-0.1, -0.05) is 0 Å². The summed E-state index contributed by atoms with van der Waals surface area (Å²) in [5.74, 6) is -1.08. The molecule has 0 unspecified atom stereocenters. The first-order chi connectivity index (χ1) is 12.4. The molecule has 0 atom stereocenters. The second kappa shape index (κ2) is 9.00. The Kier molecular flexibility index (Phi) is 6.98. The molecule has 1 fully saturated rings. The second-order valence-corrected chi connectivity index (χ2v) is 6.94. The third-order valence-corrected chi connectivity index (χ3v) is 5.29. The van der Waals surface area contributed by atoms with E-state index < -0.39 is 11.9 Å². The minimum absolute atomic E-state index is 0.203. The maximum Gasteiger partial charge on any atom is 0.348 e. The molecule has 9 heteroatoms. The fourth-order valence-electron chi connectivity index (χ4n) is 2.63. The number of carbonyl (C=O) groups is 3. The molecule has 0 aromatic carbocycles. The first-order valence-corrected chi connectivity index (χ1v) is 9.42. The van der Waals surface area contributed by atoms with Gasteiger partial charge in [-0.05, 0) is 33.4 Å². The topological polar surface area (TPSA) is 88.2 Å². The summed E-state index contributed by atoms with van der Waals surface area (Å²) in [5.41, 5.74) is 0.669. The van der Waals surface area contributed by atoms with Gasteiger partial charge < -0.3 is 19.3 Å². The molecule has 1 aliphatic heterocycles. The molecule has 0 saturated carbocycles. The second-order valence-electron chi connectivity index (χ2n) is 5.92. The predicted octanol–water partition coefficient (Wildman–Crippen LogP) is 2.19. The molecule has 26 heavy (non-hydrogen) atoms.